The number of para-hydroxylation sites is 5. The Balaban J connectivity index is 1.17. The number of furan rings is 1. The van der Waals surface area contributed by atoms with Gasteiger partial charge in [-0.25, -0.2) is 0 Å². The molecule has 0 amide bonds. The number of rotatable bonds is 8. The van der Waals surface area contributed by atoms with Crippen molar-refractivity contribution in [3.05, 3.63) is 243 Å². The second-order valence-electron chi connectivity index (χ2n) is 16.0. The predicted octanol–water partition coefficient (Wildman–Crippen LogP) is 16.8. The third kappa shape index (κ3) is 6.13. The van der Waals surface area contributed by atoms with Crippen LogP contribution in [0.3, 0.4) is 0 Å². The lowest BCUT2D eigenvalue weighted by Gasteiger charge is -2.30. The standard InChI is InChI=1S/C60H40N2O/c1-4-20-41(21-5-1)46-28-10-11-31-51(46)58-47(42-22-6-2-7-23-42)32-18-37-55(58)61(56-38-19-35-53-50-30-13-15-39-57(50)63-60(53)56)45-27-16-24-43(40-45)48-33-17-34-52-49-29-12-14-36-54(49)62(59(48)52)44-25-8-3-9-26-44/h1-40H. The molecule has 0 aliphatic carbocycles. The molecule has 0 spiro atoms. The Bertz CT molecular complexity index is 3620. The van der Waals surface area contributed by atoms with Crippen molar-refractivity contribution in [3.63, 3.8) is 0 Å². The molecule has 296 valence electrons. The summed E-state index contributed by atoms with van der Waals surface area (Å²) in [5.41, 5.74) is 17.4. The topological polar surface area (TPSA) is 21.3 Å². The fraction of sp³-hybridized carbons (Fsp3) is 0. The van der Waals surface area contributed by atoms with E-state index < -0.39 is 0 Å². The van der Waals surface area contributed by atoms with E-state index in [9.17, 15) is 0 Å². The largest absolute Gasteiger partial charge is 0.454 e. The highest BCUT2D eigenvalue weighted by atomic mass is 16.3. The smallest absolute Gasteiger partial charge is 0.159 e. The van der Waals surface area contributed by atoms with Gasteiger partial charge in [-0.05, 0) is 81.9 Å². The molecule has 0 unspecified atom stereocenters. The molecule has 0 fully saturated rings. The van der Waals surface area contributed by atoms with E-state index in [4.69, 9.17) is 4.42 Å². The van der Waals surface area contributed by atoms with Crippen molar-refractivity contribution in [1.29, 1.82) is 0 Å². The molecule has 0 atom stereocenters. The van der Waals surface area contributed by atoms with E-state index >= 15 is 0 Å². The third-order valence-corrected chi connectivity index (χ3v) is 12.4. The molecule has 3 heteroatoms. The molecule has 63 heavy (non-hydrogen) atoms. The lowest BCUT2D eigenvalue weighted by Crippen LogP contribution is -2.12. The number of benzene rings is 10. The van der Waals surface area contributed by atoms with Crippen LogP contribution in [0.1, 0.15) is 0 Å². The Kier molecular flexibility index (Phi) is 8.83. The van der Waals surface area contributed by atoms with E-state index in [1.165, 1.54) is 27.4 Å². The summed E-state index contributed by atoms with van der Waals surface area (Å²) >= 11 is 0. The molecule has 0 saturated carbocycles. The Morgan fingerprint density at radius 2 is 0.889 bits per heavy atom. The first kappa shape index (κ1) is 36.5. The van der Waals surface area contributed by atoms with E-state index in [1.54, 1.807) is 0 Å². The van der Waals surface area contributed by atoms with Gasteiger partial charge in [-0.15, -0.1) is 0 Å². The van der Waals surface area contributed by atoms with Gasteiger partial charge < -0.3 is 13.9 Å². The number of anilines is 3. The van der Waals surface area contributed by atoms with Crippen molar-refractivity contribution in [2.75, 3.05) is 4.90 Å². The van der Waals surface area contributed by atoms with Gasteiger partial charge in [-0.1, -0.05) is 194 Å². The number of fused-ring (bicyclic) bond motifs is 6. The molecule has 10 aromatic carbocycles. The van der Waals surface area contributed by atoms with Gasteiger partial charge >= 0.3 is 0 Å². The van der Waals surface area contributed by atoms with Gasteiger partial charge in [0.25, 0.3) is 0 Å². The normalized spacial score (nSPS) is 11.5. The zero-order chi connectivity index (χ0) is 41.7. The highest BCUT2D eigenvalue weighted by Crippen LogP contribution is 2.50. The molecular weight excluding hydrogens is 765 g/mol. The second kappa shape index (κ2) is 15.3. The Morgan fingerprint density at radius 1 is 0.349 bits per heavy atom. The van der Waals surface area contributed by atoms with E-state index in [0.717, 1.165) is 83.6 Å². The van der Waals surface area contributed by atoms with Gasteiger partial charge in [0.2, 0.25) is 0 Å². The van der Waals surface area contributed by atoms with Crippen LogP contribution in [0.25, 0.3) is 93.9 Å². The maximum Gasteiger partial charge on any atom is 0.159 e. The molecule has 0 N–H and O–H groups in total. The van der Waals surface area contributed by atoms with E-state index in [0.29, 0.717) is 0 Å². The zero-order valence-corrected chi connectivity index (χ0v) is 34.4. The summed E-state index contributed by atoms with van der Waals surface area (Å²) < 4.78 is 9.31. The molecule has 2 heterocycles. The lowest BCUT2D eigenvalue weighted by atomic mass is 9.87. The van der Waals surface area contributed by atoms with Gasteiger partial charge in [0.1, 0.15) is 5.58 Å². The van der Waals surface area contributed by atoms with Gasteiger partial charge in [0.05, 0.1) is 22.4 Å². The minimum absolute atomic E-state index is 0.836. The van der Waals surface area contributed by atoms with Crippen LogP contribution < -0.4 is 4.90 Å². The van der Waals surface area contributed by atoms with Gasteiger partial charge in [0, 0.05) is 44.0 Å². The van der Waals surface area contributed by atoms with Gasteiger partial charge in [-0.3, -0.25) is 0 Å². The zero-order valence-electron chi connectivity index (χ0n) is 34.4. The maximum absolute atomic E-state index is 6.89. The molecule has 0 radical (unpaired) electrons. The lowest BCUT2D eigenvalue weighted by molar-refractivity contribution is 0.669. The fourth-order valence-electron chi connectivity index (χ4n) is 9.66. The van der Waals surface area contributed by atoms with Crippen LogP contribution in [0.2, 0.25) is 0 Å². The average Bonchev–Trinajstić information content (AvgIpc) is 3.92. The summed E-state index contributed by atoms with van der Waals surface area (Å²) in [6.07, 6.45) is 0. The molecule has 12 rings (SSSR count). The number of aromatic nitrogens is 1. The van der Waals surface area contributed by atoms with Gasteiger partial charge in [0.15, 0.2) is 5.58 Å². The maximum atomic E-state index is 6.89. The summed E-state index contributed by atoms with van der Waals surface area (Å²) in [4.78, 5) is 2.42. The highest BCUT2D eigenvalue weighted by Gasteiger charge is 2.26. The monoisotopic (exact) mass is 804 g/mol. The average molecular weight is 805 g/mol. The molecular formula is C60H40N2O. The summed E-state index contributed by atoms with van der Waals surface area (Å²) in [5.74, 6) is 0. The number of hydrogen-bond acceptors (Lipinski definition) is 2. The first-order valence-corrected chi connectivity index (χ1v) is 21.5. The van der Waals surface area contributed by atoms with Crippen LogP contribution in [-0.2, 0) is 0 Å². The predicted molar refractivity (Wildman–Crippen MR) is 264 cm³/mol. The van der Waals surface area contributed by atoms with E-state index in [2.05, 4.69) is 246 Å². The van der Waals surface area contributed by atoms with Crippen LogP contribution in [0.5, 0.6) is 0 Å². The van der Waals surface area contributed by atoms with Crippen LogP contribution in [0.15, 0.2) is 247 Å². The van der Waals surface area contributed by atoms with Crippen molar-refractivity contribution in [1.82, 2.24) is 4.57 Å². The van der Waals surface area contributed by atoms with Crippen molar-refractivity contribution >= 4 is 60.8 Å². The summed E-state index contributed by atoms with van der Waals surface area (Å²) in [6.45, 7) is 0. The minimum Gasteiger partial charge on any atom is -0.454 e. The Hall–Kier alpha value is -8.40. The van der Waals surface area contributed by atoms with Crippen LogP contribution in [-0.4, -0.2) is 4.57 Å². The Morgan fingerprint density at radius 3 is 1.70 bits per heavy atom. The van der Waals surface area contributed by atoms with Crippen LogP contribution in [0.4, 0.5) is 17.1 Å². The first-order valence-electron chi connectivity index (χ1n) is 21.5. The second-order valence-corrected chi connectivity index (χ2v) is 16.0. The minimum atomic E-state index is 0.836. The number of hydrogen-bond donors (Lipinski definition) is 0. The molecule has 0 saturated heterocycles. The van der Waals surface area contributed by atoms with Crippen molar-refractivity contribution < 1.29 is 4.42 Å². The van der Waals surface area contributed by atoms with Crippen molar-refractivity contribution in [2.24, 2.45) is 0 Å². The summed E-state index contributed by atoms with van der Waals surface area (Å²) in [7, 11) is 0. The summed E-state index contributed by atoms with van der Waals surface area (Å²) in [5, 5.41) is 4.62. The molecule has 0 aliphatic rings. The van der Waals surface area contributed by atoms with Gasteiger partial charge in [-0.2, -0.15) is 0 Å². The first-order chi connectivity index (χ1) is 31.3. The van der Waals surface area contributed by atoms with Crippen LogP contribution >= 0.6 is 0 Å². The highest BCUT2D eigenvalue weighted by molar-refractivity contribution is 6.15. The third-order valence-electron chi connectivity index (χ3n) is 12.4. The molecule has 3 nitrogen and oxygen atoms in total. The SMILES string of the molecule is c1ccc(-c2ccccc2-c2c(-c3ccccc3)cccc2N(c2cccc(-c3cccc4c5ccccc5n(-c5ccccc5)c34)c2)c2cccc3c2oc2ccccc23)cc1. The molecule has 0 aliphatic heterocycles. The van der Waals surface area contributed by atoms with Crippen molar-refractivity contribution in [3.8, 4) is 50.2 Å². The number of nitrogens with zero attached hydrogens (tertiary/aromatic N) is 2. The molecule has 0 bridgehead atoms. The van der Waals surface area contributed by atoms with Crippen molar-refractivity contribution in [2.45, 2.75) is 0 Å². The summed E-state index contributed by atoms with van der Waals surface area (Å²) in [6, 6.07) is 87.1. The fourth-order valence-corrected chi connectivity index (χ4v) is 9.66. The molecule has 2 aromatic heterocycles. The van der Waals surface area contributed by atoms with E-state index in [1.807, 2.05) is 6.07 Å². The van der Waals surface area contributed by atoms with E-state index in [-0.39, 0.29) is 0 Å². The Labute approximate surface area is 366 Å². The quantitative estimate of drug-likeness (QED) is 0.153. The molecule has 12 aromatic rings. The van der Waals surface area contributed by atoms with Crippen LogP contribution in [0, 0.1) is 0 Å².